The lowest BCUT2D eigenvalue weighted by Crippen LogP contribution is -2.38. The Bertz CT molecular complexity index is 621. The number of nitrogens with zero attached hydrogens (tertiary/aromatic N) is 1. The van der Waals surface area contributed by atoms with E-state index in [1.807, 2.05) is 0 Å². The number of ether oxygens (including phenoxy) is 2. The van der Waals surface area contributed by atoms with Crippen LogP contribution in [0.5, 0.6) is 11.5 Å². The third-order valence-corrected chi connectivity index (χ3v) is 5.92. The topological polar surface area (TPSA) is 55.8 Å². The summed E-state index contributed by atoms with van der Waals surface area (Å²) in [6, 6.07) is 4.74. The Morgan fingerprint density at radius 3 is 2.41 bits per heavy atom. The molecule has 0 N–H and O–H groups in total. The van der Waals surface area contributed by atoms with Crippen molar-refractivity contribution in [1.29, 1.82) is 0 Å². The predicted octanol–water partition coefficient (Wildman–Crippen LogP) is 2.82. The molecule has 6 heteroatoms. The summed E-state index contributed by atoms with van der Waals surface area (Å²) in [6.07, 6.45) is 5.58. The molecule has 0 heterocycles. The molecule has 22 heavy (non-hydrogen) atoms. The van der Waals surface area contributed by atoms with Crippen molar-refractivity contribution in [3.05, 3.63) is 30.9 Å². The quantitative estimate of drug-likeness (QED) is 0.723. The second kappa shape index (κ2) is 7.15. The summed E-state index contributed by atoms with van der Waals surface area (Å²) >= 11 is 0. The molecule has 0 aliphatic heterocycles. The molecule has 0 saturated heterocycles. The first kappa shape index (κ1) is 16.8. The summed E-state index contributed by atoms with van der Waals surface area (Å²) in [5, 5.41) is 0. The van der Waals surface area contributed by atoms with Gasteiger partial charge in [0.15, 0.2) is 11.5 Å². The number of hydrogen-bond donors (Lipinski definition) is 0. The van der Waals surface area contributed by atoms with Crippen LogP contribution < -0.4 is 9.47 Å². The van der Waals surface area contributed by atoms with Gasteiger partial charge in [0, 0.05) is 18.7 Å². The molecule has 1 aromatic rings. The van der Waals surface area contributed by atoms with E-state index in [0.717, 1.165) is 25.7 Å². The fraction of sp³-hybridized carbons (Fsp3) is 0.500. The van der Waals surface area contributed by atoms with E-state index >= 15 is 0 Å². The molecule has 0 radical (unpaired) electrons. The Hall–Kier alpha value is -1.53. The largest absolute Gasteiger partial charge is 0.493 e. The van der Waals surface area contributed by atoms with Crippen LogP contribution in [0, 0.1) is 0 Å². The Kier molecular flexibility index (Phi) is 5.47. The summed E-state index contributed by atoms with van der Waals surface area (Å²) in [4.78, 5) is 0.221. The van der Waals surface area contributed by atoms with Crippen LogP contribution >= 0.6 is 0 Å². The number of hydrogen-bond acceptors (Lipinski definition) is 4. The molecule has 0 amide bonds. The number of rotatable bonds is 7. The van der Waals surface area contributed by atoms with Crippen molar-refractivity contribution in [3.63, 3.8) is 0 Å². The van der Waals surface area contributed by atoms with Crippen LogP contribution in [0.1, 0.15) is 25.7 Å². The fourth-order valence-electron chi connectivity index (χ4n) is 2.88. The van der Waals surface area contributed by atoms with Crippen molar-refractivity contribution in [2.75, 3.05) is 20.8 Å². The lowest BCUT2D eigenvalue weighted by Gasteiger charge is -2.27. The first-order chi connectivity index (χ1) is 10.5. The highest BCUT2D eigenvalue weighted by molar-refractivity contribution is 7.89. The fourth-order valence-corrected chi connectivity index (χ4v) is 4.55. The molecule has 1 saturated carbocycles. The van der Waals surface area contributed by atoms with E-state index in [2.05, 4.69) is 6.58 Å². The Balaban J connectivity index is 2.40. The number of benzene rings is 1. The highest BCUT2D eigenvalue weighted by Gasteiger charge is 2.32. The first-order valence-electron chi connectivity index (χ1n) is 7.39. The average molecular weight is 325 g/mol. The minimum atomic E-state index is -3.58. The van der Waals surface area contributed by atoms with Crippen LogP contribution in [0.3, 0.4) is 0 Å². The van der Waals surface area contributed by atoms with Crippen LogP contribution in [0.25, 0.3) is 0 Å². The zero-order valence-corrected chi connectivity index (χ0v) is 13.9. The van der Waals surface area contributed by atoms with Gasteiger partial charge < -0.3 is 9.47 Å². The summed E-state index contributed by atoms with van der Waals surface area (Å²) in [5.74, 6) is 0.922. The van der Waals surface area contributed by atoms with Crippen LogP contribution in [0.4, 0.5) is 0 Å². The van der Waals surface area contributed by atoms with Gasteiger partial charge in [0.25, 0.3) is 0 Å². The molecule has 1 aliphatic carbocycles. The molecule has 0 atom stereocenters. The first-order valence-corrected chi connectivity index (χ1v) is 8.83. The van der Waals surface area contributed by atoms with Crippen LogP contribution in [0.2, 0.25) is 0 Å². The maximum absolute atomic E-state index is 13.0. The van der Waals surface area contributed by atoms with Crippen molar-refractivity contribution in [2.24, 2.45) is 0 Å². The maximum Gasteiger partial charge on any atom is 0.243 e. The molecule has 1 fully saturated rings. The van der Waals surface area contributed by atoms with E-state index in [1.54, 1.807) is 22.5 Å². The van der Waals surface area contributed by atoms with Gasteiger partial charge in [-0.1, -0.05) is 18.9 Å². The molecular weight excluding hydrogens is 302 g/mol. The van der Waals surface area contributed by atoms with Crippen molar-refractivity contribution >= 4 is 10.0 Å². The minimum absolute atomic E-state index is 0.0519. The maximum atomic E-state index is 13.0. The summed E-state index contributed by atoms with van der Waals surface area (Å²) < 4.78 is 37.8. The molecule has 122 valence electrons. The highest BCUT2D eigenvalue weighted by Crippen LogP contribution is 2.33. The lowest BCUT2D eigenvalue weighted by molar-refractivity contribution is 0.344. The Morgan fingerprint density at radius 1 is 1.23 bits per heavy atom. The van der Waals surface area contributed by atoms with Gasteiger partial charge in [0.2, 0.25) is 10.0 Å². The molecule has 1 aromatic carbocycles. The molecule has 0 spiro atoms. The molecule has 0 unspecified atom stereocenters. The predicted molar refractivity (Wildman–Crippen MR) is 85.9 cm³/mol. The lowest BCUT2D eigenvalue weighted by atomic mass is 10.2. The van der Waals surface area contributed by atoms with E-state index < -0.39 is 10.0 Å². The molecule has 2 rings (SSSR count). The molecule has 0 bridgehead atoms. The Labute approximate surface area is 132 Å². The summed E-state index contributed by atoms with van der Waals surface area (Å²) in [5.41, 5.74) is 0. The monoisotopic (exact) mass is 325 g/mol. The summed E-state index contributed by atoms with van der Waals surface area (Å²) in [7, 11) is -0.563. The van der Waals surface area contributed by atoms with Gasteiger partial charge >= 0.3 is 0 Å². The van der Waals surface area contributed by atoms with Gasteiger partial charge in [-0.3, -0.25) is 0 Å². The van der Waals surface area contributed by atoms with Gasteiger partial charge in [0.1, 0.15) is 0 Å². The second-order valence-electron chi connectivity index (χ2n) is 5.32. The van der Waals surface area contributed by atoms with E-state index in [9.17, 15) is 8.42 Å². The third-order valence-electron chi connectivity index (χ3n) is 4.00. The normalized spacial score (nSPS) is 16.0. The van der Waals surface area contributed by atoms with E-state index in [-0.39, 0.29) is 10.9 Å². The minimum Gasteiger partial charge on any atom is -0.493 e. The SMILES string of the molecule is C=CCN(C1CCCC1)S(=O)(=O)c1ccc(OC)c(OC)c1. The molecule has 0 aromatic heterocycles. The van der Waals surface area contributed by atoms with Gasteiger partial charge in [-0.05, 0) is 25.0 Å². The standard InChI is InChI=1S/C16H23NO4S/c1-4-11-17(13-7-5-6-8-13)22(18,19)14-9-10-15(20-2)16(12-14)21-3/h4,9-10,12-13H,1,5-8,11H2,2-3H3. The highest BCUT2D eigenvalue weighted by atomic mass is 32.2. The van der Waals surface area contributed by atoms with E-state index in [1.165, 1.54) is 20.3 Å². The number of methoxy groups -OCH3 is 2. The van der Waals surface area contributed by atoms with Crippen LogP contribution in [0.15, 0.2) is 35.7 Å². The Morgan fingerprint density at radius 2 is 1.86 bits per heavy atom. The van der Waals surface area contributed by atoms with E-state index in [4.69, 9.17) is 9.47 Å². The van der Waals surface area contributed by atoms with Gasteiger partial charge in [0.05, 0.1) is 19.1 Å². The van der Waals surface area contributed by atoms with Gasteiger partial charge in [-0.2, -0.15) is 4.31 Å². The zero-order valence-electron chi connectivity index (χ0n) is 13.1. The summed E-state index contributed by atoms with van der Waals surface area (Å²) in [6.45, 7) is 4.01. The average Bonchev–Trinajstić information content (AvgIpc) is 3.05. The van der Waals surface area contributed by atoms with Crippen molar-refractivity contribution in [2.45, 2.75) is 36.6 Å². The van der Waals surface area contributed by atoms with Crippen LogP contribution in [-0.4, -0.2) is 39.5 Å². The van der Waals surface area contributed by atoms with Crippen molar-refractivity contribution in [1.82, 2.24) is 4.31 Å². The van der Waals surface area contributed by atoms with Gasteiger partial charge in [-0.15, -0.1) is 6.58 Å². The second-order valence-corrected chi connectivity index (χ2v) is 7.21. The smallest absolute Gasteiger partial charge is 0.243 e. The van der Waals surface area contributed by atoms with Crippen molar-refractivity contribution in [3.8, 4) is 11.5 Å². The van der Waals surface area contributed by atoms with Crippen LogP contribution in [-0.2, 0) is 10.0 Å². The van der Waals surface area contributed by atoms with Gasteiger partial charge in [-0.25, -0.2) is 8.42 Å². The third kappa shape index (κ3) is 3.28. The molecule has 1 aliphatic rings. The van der Waals surface area contributed by atoms with E-state index in [0.29, 0.717) is 18.0 Å². The molecular formula is C16H23NO4S. The zero-order chi connectivity index (χ0) is 16.2. The van der Waals surface area contributed by atoms with Crippen molar-refractivity contribution < 1.29 is 17.9 Å². The number of sulfonamides is 1. The molecule has 5 nitrogen and oxygen atoms in total.